The lowest BCUT2D eigenvalue weighted by atomic mass is 9.93. The summed E-state index contributed by atoms with van der Waals surface area (Å²) in [5.41, 5.74) is 22.8. The number of fused-ring (bicyclic) bond motifs is 1. The van der Waals surface area contributed by atoms with Gasteiger partial charge in [-0.15, -0.1) is 11.3 Å². The maximum Gasteiger partial charge on any atom is 0.260 e. The number of ether oxygens (including phenoxy) is 1. The smallest absolute Gasteiger partial charge is 0.260 e. The van der Waals surface area contributed by atoms with Gasteiger partial charge >= 0.3 is 0 Å². The number of nitriles is 1. The number of pyridine rings is 1. The molecule has 2 heterocycles. The van der Waals surface area contributed by atoms with Gasteiger partial charge in [0.1, 0.15) is 32.9 Å². The van der Waals surface area contributed by atoms with E-state index in [1.807, 2.05) is 37.3 Å². The molecule has 0 aliphatic carbocycles. The molecule has 0 saturated heterocycles. The van der Waals surface area contributed by atoms with Gasteiger partial charge in [-0.2, -0.15) is 5.26 Å². The number of carbonyl (C=O) groups excluding carboxylic acids is 1. The number of nitrogen functional groups attached to an aromatic ring is 2. The van der Waals surface area contributed by atoms with E-state index in [-0.39, 0.29) is 21.9 Å². The quantitative estimate of drug-likeness (QED) is 0.426. The van der Waals surface area contributed by atoms with Crippen LogP contribution in [0, 0.1) is 18.3 Å². The van der Waals surface area contributed by atoms with Crippen molar-refractivity contribution >= 4 is 39.0 Å². The second kappa shape index (κ2) is 8.21. The van der Waals surface area contributed by atoms with Gasteiger partial charge in [0.05, 0.1) is 12.8 Å². The highest BCUT2D eigenvalue weighted by molar-refractivity contribution is 7.21. The number of rotatable bonds is 5. The molecular weight excluding hydrogens is 422 g/mol. The Bertz CT molecular complexity index is 1420. The molecule has 7 nitrogen and oxygen atoms in total. The summed E-state index contributed by atoms with van der Waals surface area (Å²) in [5.74, 6) is 0.148. The number of hydrogen-bond acceptors (Lipinski definition) is 7. The van der Waals surface area contributed by atoms with E-state index in [9.17, 15) is 10.1 Å². The number of thiophene rings is 1. The summed E-state index contributed by atoms with van der Waals surface area (Å²) in [6.45, 7) is 2.04. The number of hydrogen-bond donors (Lipinski definition) is 3. The third-order valence-corrected chi connectivity index (χ3v) is 6.40. The molecule has 0 aliphatic heterocycles. The number of methoxy groups -OCH3 is 1. The summed E-state index contributed by atoms with van der Waals surface area (Å²) in [7, 11) is 1.62. The fraction of sp³-hybridized carbons (Fsp3) is 0.125. The summed E-state index contributed by atoms with van der Waals surface area (Å²) >= 11 is 1.07. The first-order valence-electron chi connectivity index (χ1n) is 9.78. The lowest BCUT2D eigenvalue weighted by molar-refractivity contribution is 0.100. The zero-order valence-electron chi connectivity index (χ0n) is 17.6. The molecule has 2 aromatic carbocycles. The summed E-state index contributed by atoms with van der Waals surface area (Å²) in [4.78, 5) is 16.8. The highest BCUT2D eigenvalue weighted by atomic mass is 32.1. The number of amides is 1. The van der Waals surface area contributed by atoms with Crippen molar-refractivity contribution in [3.05, 3.63) is 69.6 Å². The molecule has 0 radical (unpaired) electrons. The van der Waals surface area contributed by atoms with Crippen LogP contribution >= 0.6 is 11.3 Å². The molecule has 0 aliphatic rings. The van der Waals surface area contributed by atoms with E-state index in [1.165, 1.54) is 0 Å². The highest BCUT2D eigenvalue weighted by Gasteiger charge is 2.23. The molecule has 32 heavy (non-hydrogen) atoms. The molecule has 6 N–H and O–H groups in total. The molecule has 2 aromatic heterocycles. The fourth-order valence-corrected chi connectivity index (χ4v) is 4.83. The standard InChI is InChI=1S/C24H21N5O2S/c1-12-4-3-5-13(8-12)9-15-10-14(6-7-17(15)31-2)18-16(11-25)22(27)29-24-19(18)20(26)21(32-24)23(28)30/h3-8,10H,9,26H2,1-2H3,(H2,27,29)(H2,28,30). The zero-order chi connectivity index (χ0) is 23.0. The number of primary amides is 1. The Hall–Kier alpha value is -4.09. The molecule has 160 valence electrons. The van der Waals surface area contributed by atoms with Crippen LogP contribution in [0.5, 0.6) is 5.75 Å². The van der Waals surface area contributed by atoms with E-state index < -0.39 is 5.91 Å². The molecular formula is C24H21N5O2S. The van der Waals surface area contributed by atoms with Crippen LogP contribution in [-0.2, 0) is 6.42 Å². The van der Waals surface area contributed by atoms with Crippen LogP contribution < -0.4 is 21.9 Å². The summed E-state index contributed by atoms with van der Waals surface area (Å²) in [6.07, 6.45) is 0.635. The monoisotopic (exact) mass is 443 g/mol. The number of benzene rings is 2. The van der Waals surface area contributed by atoms with Gasteiger partial charge in [-0.05, 0) is 35.7 Å². The Kier molecular flexibility index (Phi) is 5.43. The van der Waals surface area contributed by atoms with Crippen molar-refractivity contribution in [1.29, 1.82) is 5.26 Å². The van der Waals surface area contributed by atoms with Crippen LogP contribution in [0.15, 0.2) is 42.5 Å². The van der Waals surface area contributed by atoms with E-state index in [2.05, 4.69) is 23.2 Å². The van der Waals surface area contributed by atoms with Gasteiger partial charge in [-0.25, -0.2) is 4.98 Å². The molecule has 0 spiro atoms. The topological polar surface area (TPSA) is 141 Å². The average Bonchev–Trinajstić information content (AvgIpc) is 3.09. The minimum absolute atomic E-state index is 0.0725. The normalized spacial score (nSPS) is 10.8. The minimum Gasteiger partial charge on any atom is -0.496 e. The first-order valence-corrected chi connectivity index (χ1v) is 10.6. The molecule has 4 rings (SSSR count). The van der Waals surface area contributed by atoms with Crippen LogP contribution in [0.4, 0.5) is 11.5 Å². The van der Waals surface area contributed by atoms with Gasteiger partial charge in [0.15, 0.2) is 0 Å². The highest BCUT2D eigenvalue weighted by Crippen LogP contribution is 2.43. The lowest BCUT2D eigenvalue weighted by Crippen LogP contribution is -2.10. The van der Waals surface area contributed by atoms with Crippen molar-refractivity contribution in [2.75, 3.05) is 18.6 Å². The summed E-state index contributed by atoms with van der Waals surface area (Å²) < 4.78 is 5.58. The number of nitrogens with zero attached hydrogens (tertiary/aromatic N) is 2. The Morgan fingerprint density at radius 3 is 2.66 bits per heavy atom. The predicted molar refractivity (Wildman–Crippen MR) is 128 cm³/mol. The summed E-state index contributed by atoms with van der Waals surface area (Å²) in [5, 5.41) is 10.3. The Balaban J connectivity index is 1.98. The van der Waals surface area contributed by atoms with Crippen LogP contribution in [-0.4, -0.2) is 18.0 Å². The van der Waals surface area contributed by atoms with E-state index in [1.54, 1.807) is 7.11 Å². The molecule has 8 heteroatoms. The van der Waals surface area contributed by atoms with E-state index >= 15 is 0 Å². The fourth-order valence-electron chi connectivity index (χ4n) is 3.87. The minimum atomic E-state index is -0.650. The number of aromatic nitrogens is 1. The number of anilines is 2. The van der Waals surface area contributed by atoms with E-state index in [0.29, 0.717) is 22.2 Å². The molecule has 0 bridgehead atoms. The first kappa shape index (κ1) is 21.2. The van der Waals surface area contributed by atoms with Crippen molar-refractivity contribution in [2.24, 2.45) is 5.73 Å². The van der Waals surface area contributed by atoms with Crippen molar-refractivity contribution in [1.82, 2.24) is 4.98 Å². The molecule has 0 unspecified atom stereocenters. The molecule has 0 atom stereocenters. The maximum atomic E-state index is 11.9. The van der Waals surface area contributed by atoms with Gasteiger partial charge in [0.25, 0.3) is 5.91 Å². The average molecular weight is 444 g/mol. The van der Waals surface area contributed by atoms with Crippen LogP contribution in [0.2, 0.25) is 0 Å². The van der Waals surface area contributed by atoms with Crippen LogP contribution in [0.1, 0.15) is 31.9 Å². The van der Waals surface area contributed by atoms with Crippen LogP contribution in [0.25, 0.3) is 21.3 Å². The number of aryl methyl sites for hydroxylation is 1. The van der Waals surface area contributed by atoms with Crippen molar-refractivity contribution in [2.45, 2.75) is 13.3 Å². The molecule has 1 amide bonds. The SMILES string of the molecule is COc1ccc(-c2c(C#N)c(N)nc3sc(C(N)=O)c(N)c23)cc1Cc1cccc(C)c1. The van der Waals surface area contributed by atoms with Gasteiger partial charge in [0.2, 0.25) is 0 Å². The molecule has 0 saturated carbocycles. The van der Waals surface area contributed by atoms with Crippen LogP contribution in [0.3, 0.4) is 0 Å². The Labute approximate surface area is 189 Å². The second-order valence-corrected chi connectivity index (χ2v) is 8.44. The third-order valence-electron chi connectivity index (χ3n) is 5.29. The van der Waals surface area contributed by atoms with E-state index in [0.717, 1.165) is 39.3 Å². The maximum absolute atomic E-state index is 11.9. The predicted octanol–water partition coefficient (Wildman–Crippen LogP) is 4.01. The van der Waals surface area contributed by atoms with Gasteiger partial charge in [0, 0.05) is 17.4 Å². The largest absolute Gasteiger partial charge is 0.496 e. The van der Waals surface area contributed by atoms with Gasteiger partial charge in [-0.1, -0.05) is 35.9 Å². The third kappa shape index (κ3) is 3.59. The zero-order valence-corrected chi connectivity index (χ0v) is 18.4. The van der Waals surface area contributed by atoms with Gasteiger partial charge < -0.3 is 21.9 Å². The Morgan fingerprint density at radius 2 is 2.00 bits per heavy atom. The van der Waals surface area contributed by atoms with Crippen molar-refractivity contribution in [3.63, 3.8) is 0 Å². The van der Waals surface area contributed by atoms with Gasteiger partial charge in [-0.3, -0.25) is 4.79 Å². The number of carbonyl (C=O) groups is 1. The van der Waals surface area contributed by atoms with Crippen molar-refractivity contribution < 1.29 is 9.53 Å². The summed E-state index contributed by atoms with van der Waals surface area (Å²) in [6, 6.07) is 16.0. The molecule has 4 aromatic rings. The first-order chi connectivity index (χ1) is 15.3. The lowest BCUT2D eigenvalue weighted by Gasteiger charge is -2.14. The molecule has 0 fully saturated rings. The van der Waals surface area contributed by atoms with E-state index in [4.69, 9.17) is 21.9 Å². The number of nitrogens with two attached hydrogens (primary N) is 3. The second-order valence-electron chi connectivity index (χ2n) is 7.44. The Morgan fingerprint density at radius 1 is 1.22 bits per heavy atom. The van der Waals surface area contributed by atoms with Crippen molar-refractivity contribution in [3.8, 4) is 22.9 Å².